The maximum atomic E-state index is 13.1. The van der Waals surface area contributed by atoms with Gasteiger partial charge in [-0.25, -0.2) is 0 Å². The Morgan fingerprint density at radius 1 is 1.21 bits per heavy atom. The van der Waals surface area contributed by atoms with Gasteiger partial charge in [0.1, 0.15) is 0 Å². The second-order valence-electron chi connectivity index (χ2n) is 6.27. The summed E-state index contributed by atoms with van der Waals surface area (Å²) in [6.07, 6.45) is -0.706. The number of benzene rings is 1. The number of hydrogen-bond acceptors (Lipinski definition) is 3. The lowest BCUT2D eigenvalue weighted by Crippen LogP contribution is -2.39. The van der Waals surface area contributed by atoms with Crippen molar-refractivity contribution in [3.8, 4) is 0 Å². The van der Waals surface area contributed by atoms with Crippen LogP contribution in [0.1, 0.15) is 55.5 Å². The van der Waals surface area contributed by atoms with Crippen LogP contribution in [0.3, 0.4) is 0 Å². The molecule has 0 aliphatic heterocycles. The summed E-state index contributed by atoms with van der Waals surface area (Å²) < 4.78 is 39.2. The third-order valence-electron chi connectivity index (χ3n) is 4.80. The fourth-order valence-electron chi connectivity index (χ4n) is 3.15. The highest BCUT2D eigenvalue weighted by molar-refractivity contribution is 5.94. The molecule has 132 valence electrons. The number of nitroso groups, excluding NO2 is 1. The molecule has 1 aromatic rings. The Bertz CT molecular complexity index is 595. The van der Waals surface area contributed by atoms with Gasteiger partial charge in [-0.05, 0) is 49.6 Å². The van der Waals surface area contributed by atoms with Crippen molar-refractivity contribution in [2.75, 3.05) is 6.54 Å². The van der Waals surface area contributed by atoms with Crippen LogP contribution in [0.2, 0.25) is 0 Å². The zero-order valence-corrected chi connectivity index (χ0v) is 13.8. The van der Waals surface area contributed by atoms with Gasteiger partial charge in [-0.2, -0.15) is 13.2 Å². The van der Waals surface area contributed by atoms with Crippen LogP contribution < -0.4 is 0 Å². The molecule has 24 heavy (non-hydrogen) atoms. The van der Waals surface area contributed by atoms with E-state index in [9.17, 15) is 22.9 Å². The van der Waals surface area contributed by atoms with Gasteiger partial charge in [-0.3, -0.25) is 4.79 Å². The molecule has 1 unspecified atom stereocenters. The normalized spacial score (nSPS) is 18.2. The Morgan fingerprint density at radius 2 is 1.75 bits per heavy atom. The zero-order chi connectivity index (χ0) is 18.0. The molecule has 0 N–H and O–H groups in total. The summed E-state index contributed by atoms with van der Waals surface area (Å²) >= 11 is 0. The lowest BCUT2D eigenvalue weighted by Gasteiger charge is -2.28. The number of rotatable bonds is 5. The van der Waals surface area contributed by atoms with Gasteiger partial charge in [0.05, 0.1) is 0 Å². The summed E-state index contributed by atoms with van der Waals surface area (Å²) in [6, 6.07) is 5.18. The zero-order valence-electron chi connectivity index (χ0n) is 13.8. The Balaban J connectivity index is 2.25. The van der Waals surface area contributed by atoms with E-state index in [2.05, 4.69) is 5.18 Å². The Morgan fingerprint density at radius 3 is 2.17 bits per heavy atom. The van der Waals surface area contributed by atoms with E-state index >= 15 is 0 Å². The predicted molar refractivity (Wildman–Crippen MR) is 84.6 cm³/mol. The summed E-state index contributed by atoms with van der Waals surface area (Å²) in [7, 11) is 0. The number of carbonyl (C=O) groups is 1. The molecule has 0 heterocycles. The highest BCUT2D eigenvalue weighted by Crippen LogP contribution is 2.41. The van der Waals surface area contributed by atoms with E-state index in [0.717, 1.165) is 44.7 Å². The van der Waals surface area contributed by atoms with Crippen LogP contribution in [0.15, 0.2) is 29.4 Å². The van der Waals surface area contributed by atoms with Crippen LogP contribution >= 0.6 is 0 Å². The number of alkyl halides is 3. The van der Waals surface area contributed by atoms with E-state index in [1.54, 1.807) is 4.90 Å². The molecule has 0 radical (unpaired) electrons. The van der Waals surface area contributed by atoms with Crippen LogP contribution in [0, 0.1) is 4.91 Å². The predicted octanol–water partition coefficient (Wildman–Crippen LogP) is 4.64. The molecule has 2 rings (SSSR count). The van der Waals surface area contributed by atoms with Crippen LogP contribution in [0.25, 0.3) is 0 Å². The van der Waals surface area contributed by atoms with Crippen molar-refractivity contribution in [1.82, 2.24) is 4.90 Å². The molecule has 1 saturated carbocycles. The topological polar surface area (TPSA) is 49.7 Å². The van der Waals surface area contributed by atoms with Crippen molar-refractivity contribution in [3.63, 3.8) is 0 Å². The Hall–Kier alpha value is -1.92. The van der Waals surface area contributed by atoms with E-state index < -0.39 is 11.7 Å². The molecule has 0 spiro atoms. The maximum absolute atomic E-state index is 13.1. The molecular formula is C17H21F3N2O2. The van der Waals surface area contributed by atoms with E-state index in [1.165, 1.54) is 12.1 Å². The van der Waals surface area contributed by atoms with Crippen LogP contribution in [-0.2, 0) is 5.54 Å². The highest BCUT2D eigenvalue weighted by atomic mass is 19.4. The first-order valence-corrected chi connectivity index (χ1v) is 8.07. The van der Waals surface area contributed by atoms with Gasteiger partial charge in [0, 0.05) is 18.2 Å². The summed E-state index contributed by atoms with van der Waals surface area (Å²) in [5.74, 6) is -0.191. The molecule has 0 saturated heterocycles. The fraction of sp³-hybridized carbons (Fsp3) is 0.588. The molecule has 1 amide bonds. The summed E-state index contributed by atoms with van der Waals surface area (Å²) in [4.78, 5) is 25.2. The third kappa shape index (κ3) is 3.30. The van der Waals surface area contributed by atoms with Crippen molar-refractivity contribution in [2.24, 2.45) is 5.18 Å². The number of amides is 1. The Labute approximate surface area is 139 Å². The second-order valence-corrected chi connectivity index (χ2v) is 6.27. The summed E-state index contributed by atoms with van der Waals surface area (Å²) in [5, 5.41) is 2.28. The number of halogens is 3. The molecule has 1 aromatic carbocycles. The molecule has 1 aliphatic carbocycles. The lowest BCUT2D eigenvalue weighted by molar-refractivity contribution is -0.183. The van der Waals surface area contributed by atoms with E-state index in [1.807, 2.05) is 6.92 Å². The van der Waals surface area contributed by atoms with Crippen LogP contribution in [-0.4, -0.2) is 29.6 Å². The van der Waals surface area contributed by atoms with Gasteiger partial charge in [-0.15, -0.1) is 4.91 Å². The standard InChI is InChI=1S/C17H21F3N2O2/c1-3-22(14-6-4-5-7-14)15(23)12-8-10-13(11-9-12)16(2,21-24)17(18,19)20/h8-11,14H,3-7H2,1-2H3. The summed E-state index contributed by atoms with van der Waals surface area (Å²) in [6.45, 7) is 3.18. The largest absolute Gasteiger partial charge is 0.421 e. The molecule has 1 fully saturated rings. The van der Waals surface area contributed by atoms with Gasteiger partial charge < -0.3 is 4.90 Å². The third-order valence-corrected chi connectivity index (χ3v) is 4.80. The highest BCUT2D eigenvalue weighted by Gasteiger charge is 2.54. The van der Waals surface area contributed by atoms with Crippen molar-refractivity contribution in [3.05, 3.63) is 40.3 Å². The lowest BCUT2D eigenvalue weighted by atomic mass is 9.91. The quantitative estimate of drug-likeness (QED) is 0.732. The maximum Gasteiger partial charge on any atom is 0.421 e. The SMILES string of the molecule is CCN(C(=O)c1ccc(C(C)(N=O)C(F)(F)F)cc1)C1CCCC1. The Kier molecular flexibility index (Phi) is 5.30. The monoisotopic (exact) mass is 342 g/mol. The fourth-order valence-corrected chi connectivity index (χ4v) is 3.15. The average molecular weight is 342 g/mol. The average Bonchev–Trinajstić information content (AvgIpc) is 3.08. The van der Waals surface area contributed by atoms with Crippen molar-refractivity contribution in [2.45, 2.75) is 57.3 Å². The van der Waals surface area contributed by atoms with E-state index in [0.29, 0.717) is 12.1 Å². The van der Waals surface area contributed by atoms with E-state index in [-0.39, 0.29) is 17.5 Å². The van der Waals surface area contributed by atoms with Gasteiger partial charge in [0.2, 0.25) is 5.54 Å². The molecule has 0 aromatic heterocycles. The minimum Gasteiger partial charge on any atom is -0.336 e. The number of carbonyl (C=O) groups excluding carboxylic acids is 1. The van der Waals surface area contributed by atoms with Crippen LogP contribution in [0.4, 0.5) is 13.2 Å². The van der Waals surface area contributed by atoms with Gasteiger partial charge in [0.15, 0.2) is 0 Å². The minimum absolute atomic E-state index is 0.191. The molecule has 0 bridgehead atoms. The minimum atomic E-state index is -4.79. The van der Waals surface area contributed by atoms with Crippen molar-refractivity contribution < 1.29 is 18.0 Å². The van der Waals surface area contributed by atoms with Gasteiger partial charge in [0.25, 0.3) is 5.91 Å². The smallest absolute Gasteiger partial charge is 0.336 e. The molecule has 1 atom stereocenters. The first-order chi connectivity index (χ1) is 11.2. The van der Waals surface area contributed by atoms with Crippen molar-refractivity contribution >= 4 is 5.91 Å². The van der Waals surface area contributed by atoms with Gasteiger partial charge >= 0.3 is 6.18 Å². The summed E-state index contributed by atoms with van der Waals surface area (Å²) in [5.41, 5.74) is -2.77. The number of hydrogen-bond donors (Lipinski definition) is 0. The molecule has 4 nitrogen and oxygen atoms in total. The van der Waals surface area contributed by atoms with Crippen LogP contribution in [0.5, 0.6) is 0 Å². The first-order valence-electron chi connectivity index (χ1n) is 8.07. The molecule has 7 heteroatoms. The second kappa shape index (κ2) is 6.91. The number of nitrogens with zero attached hydrogens (tertiary/aromatic N) is 2. The first kappa shape index (κ1) is 18.4. The molecular weight excluding hydrogens is 321 g/mol. The van der Waals surface area contributed by atoms with E-state index in [4.69, 9.17) is 0 Å². The van der Waals surface area contributed by atoms with Gasteiger partial charge in [-0.1, -0.05) is 25.0 Å². The van der Waals surface area contributed by atoms with Crippen molar-refractivity contribution in [1.29, 1.82) is 0 Å². The molecule has 1 aliphatic rings.